The van der Waals surface area contributed by atoms with Crippen LogP contribution in [0.5, 0.6) is 0 Å². The minimum Gasteiger partial charge on any atom is -0.350 e. The van der Waals surface area contributed by atoms with E-state index in [9.17, 15) is 4.79 Å². The molecule has 9 nitrogen and oxygen atoms in total. The number of rotatable bonds is 8. The van der Waals surface area contributed by atoms with Gasteiger partial charge in [0.05, 0.1) is 5.56 Å². The lowest BCUT2D eigenvalue weighted by molar-refractivity contribution is -0.186. The van der Waals surface area contributed by atoms with Crippen LogP contribution in [-0.4, -0.2) is 53.0 Å². The number of carbonyl (C=O) groups excluding carboxylic acids is 1. The third-order valence-corrected chi connectivity index (χ3v) is 7.27. The van der Waals surface area contributed by atoms with Gasteiger partial charge in [0.1, 0.15) is 0 Å². The summed E-state index contributed by atoms with van der Waals surface area (Å²) >= 11 is 0. The maximum Gasteiger partial charge on any atom is 0.278 e. The summed E-state index contributed by atoms with van der Waals surface area (Å²) in [5, 5.41) is 5.05. The van der Waals surface area contributed by atoms with Crippen LogP contribution in [0.1, 0.15) is 53.6 Å². The van der Waals surface area contributed by atoms with Gasteiger partial charge in [0.25, 0.3) is 5.91 Å². The number of amides is 1. The van der Waals surface area contributed by atoms with E-state index in [0.717, 1.165) is 58.3 Å². The topological polar surface area (TPSA) is 93.5 Å². The number of nitrogens with zero attached hydrogens (tertiary/aromatic N) is 4. The quantitative estimate of drug-likeness (QED) is 0.465. The van der Waals surface area contributed by atoms with Gasteiger partial charge in [-0.05, 0) is 62.3 Å². The van der Waals surface area contributed by atoms with Crippen molar-refractivity contribution in [3.05, 3.63) is 53.5 Å². The van der Waals surface area contributed by atoms with Crippen LogP contribution < -0.4 is 15.7 Å². The van der Waals surface area contributed by atoms with E-state index in [0.29, 0.717) is 24.0 Å². The highest BCUT2D eigenvalue weighted by molar-refractivity contribution is 5.92. The maximum absolute atomic E-state index is 12.3. The Morgan fingerprint density at radius 2 is 1.97 bits per heavy atom. The van der Waals surface area contributed by atoms with Crippen molar-refractivity contribution in [1.82, 2.24) is 25.3 Å². The zero-order chi connectivity index (χ0) is 24.9. The molecule has 0 spiro atoms. The average Bonchev–Trinajstić information content (AvgIpc) is 3.25. The average molecular weight is 493 g/mol. The van der Waals surface area contributed by atoms with Crippen LogP contribution in [0.15, 0.2) is 36.8 Å². The van der Waals surface area contributed by atoms with Crippen molar-refractivity contribution in [3.63, 3.8) is 0 Å². The summed E-state index contributed by atoms with van der Waals surface area (Å²) in [4.78, 5) is 28.7. The molecule has 4 heterocycles. The molecule has 1 atom stereocenters. The van der Waals surface area contributed by atoms with E-state index in [-0.39, 0.29) is 12.2 Å². The van der Waals surface area contributed by atoms with Crippen molar-refractivity contribution >= 4 is 22.8 Å². The predicted octanol–water partition coefficient (Wildman–Crippen LogP) is 3.47. The summed E-state index contributed by atoms with van der Waals surface area (Å²) in [6, 6.07) is 6.49. The fourth-order valence-electron chi connectivity index (χ4n) is 5.20. The molecule has 1 unspecified atom stereocenters. The molecular formula is C27H36N6O3. The Balaban J connectivity index is 1.06. The number of hydrogen-bond donors (Lipinski definition) is 2. The summed E-state index contributed by atoms with van der Waals surface area (Å²) < 4.78 is 7.67. The molecule has 1 amide bonds. The monoisotopic (exact) mass is 492 g/mol. The van der Waals surface area contributed by atoms with Gasteiger partial charge in [0, 0.05) is 69.2 Å². The molecule has 2 aromatic heterocycles. The molecule has 2 aliphatic heterocycles. The van der Waals surface area contributed by atoms with Gasteiger partial charge >= 0.3 is 0 Å². The number of carbonyl (C=O) groups is 1. The first-order valence-corrected chi connectivity index (χ1v) is 13.0. The molecule has 0 radical (unpaired) electrons. The summed E-state index contributed by atoms with van der Waals surface area (Å²) in [7, 11) is 2.11. The number of fused-ring (bicyclic) bond motifs is 1. The van der Waals surface area contributed by atoms with E-state index in [1.165, 1.54) is 22.0 Å². The molecule has 2 saturated heterocycles. The van der Waals surface area contributed by atoms with Crippen molar-refractivity contribution in [2.75, 3.05) is 31.1 Å². The number of ether oxygens (including phenoxy) is 1. The van der Waals surface area contributed by atoms with Crippen LogP contribution in [0.2, 0.25) is 0 Å². The van der Waals surface area contributed by atoms with Crippen molar-refractivity contribution < 1.29 is 14.4 Å². The third-order valence-electron chi connectivity index (χ3n) is 7.27. The number of nitrogens with one attached hydrogen (secondary N) is 2. The highest BCUT2D eigenvalue weighted by Gasteiger charge is 2.22. The van der Waals surface area contributed by atoms with Crippen molar-refractivity contribution in [2.45, 2.75) is 51.9 Å². The second-order valence-corrected chi connectivity index (χ2v) is 9.91. The van der Waals surface area contributed by atoms with Gasteiger partial charge in [-0.15, -0.1) is 0 Å². The van der Waals surface area contributed by atoms with Gasteiger partial charge in [-0.25, -0.2) is 20.3 Å². The Hall–Kier alpha value is -3.01. The SMILES string of the molecule is Cc1cccc2c1c(CNCC1CCN(c3ncc(C(=O)NOC4CCCCO4)cn3)CC1)cn2C. The smallest absolute Gasteiger partial charge is 0.278 e. The fourth-order valence-corrected chi connectivity index (χ4v) is 5.20. The van der Waals surface area contributed by atoms with E-state index < -0.39 is 0 Å². The normalized spacial score (nSPS) is 19.1. The molecule has 0 saturated carbocycles. The molecule has 2 N–H and O–H groups in total. The zero-order valence-corrected chi connectivity index (χ0v) is 21.2. The van der Waals surface area contributed by atoms with Crippen LogP contribution in [0, 0.1) is 12.8 Å². The highest BCUT2D eigenvalue weighted by Crippen LogP contribution is 2.25. The molecule has 9 heteroatoms. The van der Waals surface area contributed by atoms with Gasteiger partial charge in [-0.3, -0.25) is 4.79 Å². The van der Waals surface area contributed by atoms with Gasteiger partial charge < -0.3 is 19.5 Å². The van der Waals surface area contributed by atoms with E-state index in [1.807, 2.05) is 0 Å². The number of hydroxylamine groups is 1. The first-order valence-electron chi connectivity index (χ1n) is 13.0. The van der Waals surface area contributed by atoms with Crippen molar-refractivity contribution in [1.29, 1.82) is 0 Å². The van der Waals surface area contributed by atoms with Gasteiger partial charge in [0.15, 0.2) is 6.29 Å². The first kappa shape index (κ1) is 24.7. The Kier molecular flexibility index (Phi) is 7.79. The lowest BCUT2D eigenvalue weighted by Crippen LogP contribution is -2.38. The zero-order valence-electron chi connectivity index (χ0n) is 21.2. The largest absolute Gasteiger partial charge is 0.350 e. The van der Waals surface area contributed by atoms with Crippen LogP contribution in [0.3, 0.4) is 0 Å². The Morgan fingerprint density at radius 3 is 2.72 bits per heavy atom. The second-order valence-electron chi connectivity index (χ2n) is 9.91. The fraction of sp³-hybridized carbons (Fsp3) is 0.519. The van der Waals surface area contributed by atoms with E-state index in [1.54, 1.807) is 12.4 Å². The summed E-state index contributed by atoms with van der Waals surface area (Å²) in [6.07, 6.45) is 10.00. The number of aryl methyl sites for hydroxylation is 2. The number of benzene rings is 1. The summed E-state index contributed by atoms with van der Waals surface area (Å²) in [5.74, 6) is 0.934. The van der Waals surface area contributed by atoms with E-state index >= 15 is 0 Å². The Morgan fingerprint density at radius 1 is 1.17 bits per heavy atom. The number of piperidine rings is 1. The predicted molar refractivity (Wildman–Crippen MR) is 138 cm³/mol. The molecule has 192 valence electrons. The Labute approximate surface area is 212 Å². The van der Waals surface area contributed by atoms with Crippen LogP contribution in [0.4, 0.5) is 5.95 Å². The summed E-state index contributed by atoms with van der Waals surface area (Å²) in [5.41, 5.74) is 6.80. The summed E-state index contributed by atoms with van der Waals surface area (Å²) in [6.45, 7) is 6.55. The molecule has 2 aliphatic rings. The first-order chi connectivity index (χ1) is 17.6. The number of aromatic nitrogens is 3. The van der Waals surface area contributed by atoms with Crippen LogP contribution >= 0.6 is 0 Å². The van der Waals surface area contributed by atoms with Crippen molar-refractivity contribution in [3.8, 4) is 0 Å². The van der Waals surface area contributed by atoms with E-state index in [4.69, 9.17) is 9.57 Å². The standard InChI is InChI=1S/C27H36N6O3/c1-19-6-5-7-23-25(19)22(18-32(23)2)15-28-14-20-9-11-33(12-10-20)27-29-16-21(17-30-27)26(34)31-36-24-8-3-4-13-35-24/h5-7,16-18,20,24,28H,3-4,8-15H2,1-2H3,(H,31,34). The van der Waals surface area contributed by atoms with Gasteiger partial charge in [-0.1, -0.05) is 12.1 Å². The molecule has 5 rings (SSSR count). The lowest BCUT2D eigenvalue weighted by atomic mass is 9.97. The Bertz CT molecular complexity index is 1160. The number of anilines is 1. The molecular weight excluding hydrogens is 456 g/mol. The highest BCUT2D eigenvalue weighted by atomic mass is 16.8. The van der Waals surface area contributed by atoms with Crippen LogP contribution in [-0.2, 0) is 23.2 Å². The van der Waals surface area contributed by atoms with Gasteiger partial charge in [0.2, 0.25) is 5.95 Å². The minimum absolute atomic E-state index is 0.359. The van der Waals surface area contributed by atoms with Crippen molar-refractivity contribution in [2.24, 2.45) is 13.0 Å². The maximum atomic E-state index is 12.3. The third kappa shape index (κ3) is 5.69. The number of hydrogen-bond acceptors (Lipinski definition) is 7. The van der Waals surface area contributed by atoms with E-state index in [2.05, 4.69) is 68.6 Å². The van der Waals surface area contributed by atoms with Gasteiger partial charge in [-0.2, -0.15) is 0 Å². The lowest BCUT2D eigenvalue weighted by Gasteiger charge is -2.32. The molecule has 1 aromatic carbocycles. The molecule has 36 heavy (non-hydrogen) atoms. The second kappa shape index (κ2) is 11.4. The minimum atomic E-state index is -0.380. The molecule has 2 fully saturated rings. The molecule has 0 bridgehead atoms. The molecule has 0 aliphatic carbocycles. The molecule has 3 aromatic rings. The van der Waals surface area contributed by atoms with Crippen LogP contribution in [0.25, 0.3) is 10.9 Å².